The first-order chi connectivity index (χ1) is 15.7. The van der Waals surface area contributed by atoms with Gasteiger partial charge >= 0.3 is 0 Å². The van der Waals surface area contributed by atoms with Crippen LogP contribution in [0.15, 0.2) is 41.1 Å². The molecule has 0 aliphatic carbocycles. The van der Waals surface area contributed by atoms with Crippen molar-refractivity contribution in [3.63, 3.8) is 0 Å². The molecule has 0 unspecified atom stereocenters. The Kier molecular flexibility index (Phi) is 4.70. The number of fused-ring (bicyclic) bond motifs is 2. The Bertz CT molecular complexity index is 1420. The number of amides is 2. The van der Waals surface area contributed by atoms with Gasteiger partial charge in [0.1, 0.15) is 22.6 Å². The van der Waals surface area contributed by atoms with Crippen LogP contribution in [0.1, 0.15) is 45.9 Å². The highest BCUT2D eigenvalue weighted by molar-refractivity contribution is 6.07. The second kappa shape index (κ2) is 7.37. The predicted molar refractivity (Wildman–Crippen MR) is 124 cm³/mol. The maximum atomic E-state index is 13.0. The van der Waals surface area contributed by atoms with Crippen molar-refractivity contribution >= 4 is 28.3 Å². The van der Waals surface area contributed by atoms with Gasteiger partial charge in [-0.05, 0) is 37.0 Å². The van der Waals surface area contributed by atoms with E-state index in [-0.39, 0.29) is 17.2 Å². The largest absolute Gasteiger partial charge is 0.460 e. The number of benzene rings is 1. The molecule has 170 valence electrons. The average molecular weight is 447 g/mol. The Labute approximate surface area is 191 Å². The first-order valence-electron chi connectivity index (χ1n) is 10.9. The Morgan fingerprint density at radius 2 is 1.94 bits per heavy atom. The number of hydrogen-bond donors (Lipinski definition) is 1. The lowest BCUT2D eigenvalue weighted by Gasteiger charge is -2.45. The van der Waals surface area contributed by atoms with Crippen molar-refractivity contribution in [1.82, 2.24) is 19.8 Å². The number of aryl methyl sites for hydroxylation is 2. The molecule has 1 aromatic carbocycles. The normalized spacial score (nSPS) is 15.0. The first kappa shape index (κ1) is 21.1. The van der Waals surface area contributed by atoms with Gasteiger partial charge in [0.15, 0.2) is 5.75 Å². The molecule has 1 aliphatic rings. The highest BCUT2D eigenvalue weighted by Crippen LogP contribution is 2.35. The molecule has 0 atom stereocenters. The van der Waals surface area contributed by atoms with Gasteiger partial charge in [0, 0.05) is 43.9 Å². The summed E-state index contributed by atoms with van der Waals surface area (Å²) in [6, 6.07) is 7.15. The van der Waals surface area contributed by atoms with E-state index in [1.165, 1.54) is 0 Å². The number of carbonyl (C=O) groups excluding carboxylic acids is 2. The molecule has 0 bridgehead atoms. The van der Waals surface area contributed by atoms with Gasteiger partial charge < -0.3 is 19.4 Å². The lowest BCUT2D eigenvalue weighted by Crippen LogP contribution is -2.55. The molecule has 3 aromatic heterocycles. The van der Waals surface area contributed by atoms with Gasteiger partial charge in [0.05, 0.1) is 17.3 Å². The van der Waals surface area contributed by atoms with E-state index in [2.05, 4.69) is 24.3 Å². The van der Waals surface area contributed by atoms with Crippen LogP contribution in [0.5, 0.6) is 11.5 Å². The maximum Gasteiger partial charge on any atom is 0.255 e. The Morgan fingerprint density at radius 1 is 1.18 bits per heavy atom. The molecule has 8 heteroatoms. The van der Waals surface area contributed by atoms with Gasteiger partial charge in [-0.1, -0.05) is 13.8 Å². The molecule has 0 radical (unpaired) electrons. The number of ether oxygens (including phenoxy) is 1. The van der Waals surface area contributed by atoms with Gasteiger partial charge in [-0.25, -0.2) is 4.52 Å². The molecule has 1 N–H and O–H groups in total. The number of furan rings is 1. The third-order valence-electron chi connectivity index (χ3n) is 6.16. The first-order valence-corrected chi connectivity index (χ1v) is 10.9. The van der Waals surface area contributed by atoms with Crippen molar-refractivity contribution in [3.8, 4) is 11.5 Å². The number of nitrogens with zero attached hydrogens (tertiary/aromatic N) is 3. The number of rotatable bonds is 4. The summed E-state index contributed by atoms with van der Waals surface area (Å²) in [5.74, 6) is 1.51. The minimum Gasteiger partial charge on any atom is -0.460 e. The lowest BCUT2D eigenvalue weighted by molar-refractivity contribution is 0.0235. The average Bonchev–Trinajstić information content (AvgIpc) is 3.27. The molecule has 1 fully saturated rings. The second-order valence-corrected chi connectivity index (χ2v) is 9.35. The van der Waals surface area contributed by atoms with E-state index in [0.29, 0.717) is 34.0 Å². The molecule has 2 amide bonds. The summed E-state index contributed by atoms with van der Waals surface area (Å²) >= 11 is 0. The smallest absolute Gasteiger partial charge is 0.255 e. The maximum absolute atomic E-state index is 13.0. The van der Waals surface area contributed by atoms with E-state index in [1.807, 2.05) is 17.9 Å². The van der Waals surface area contributed by atoms with Crippen LogP contribution in [-0.2, 0) is 0 Å². The van der Waals surface area contributed by atoms with E-state index >= 15 is 0 Å². The van der Waals surface area contributed by atoms with Crippen LogP contribution in [-0.4, -0.2) is 46.5 Å². The number of carbonyl (C=O) groups is 2. The molecular weight excluding hydrogens is 420 g/mol. The van der Waals surface area contributed by atoms with Gasteiger partial charge in [0.2, 0.25) is 0 Å². The standard InChI is InChI=1S/C25H26N4O4/c1-14-18(24(31)28-12-25(3,4)13-28)11-29-22(14)19(8-9-27-29)33-16-6-7-17-20(10-16)32-15(2)21(17)23(30)26-5/h6-11H,12-13H2,1-5H3,(H,26,30). The number of likely N-dealkylation sites (tertiary alicyclic amines) is 1. The molecule has 33 heavy (non-hydrogen) atoms. The quantitative estimate of drug-likeness (QED) is 0.504. The third-order valence-corrected chi connectivity index (χ3v) is 6.16. The zero-order chi connectivity index (χ0) is 23.5. The van der Waals surface area contributed by atoms with Crippen LogP contribution in [0.4, 0.5) is 0 Å². The highest BCUT2D eigenvalue weighted by Gasteiger charge is 2.38. The SMILES string of the molecule is CNC(=O)c1c(C)oc2cc(Oc3ccnn4cc(C(=O)N5CC(C)(C)C5)c(C)c34)ccc12. The second-order valence-electron chi connectivity index (χ2n) is 9.35. The third kappa shape index (κ3) is 3.42. The molecule has 5 rings (SSSR count). The molecule has 1 saturated heterocycles. The summed E-state index contributed by atoms with van der Waals surface area (Å²) in [4.78, 5) is 27.1. The van der Waals surface area contributed by atoms with Gasteiger partial charge in [-0.3, -0.25) is 9.59 Å². The Morgan fingerprint density at radius 3 is 2.64 bits per heavy atom. The molecule has 4 heterocycles. The van der Waals surface area contributed by atoms with Crippen LogP contribution >= 0.6 is 0 Å². The predicted octanol–water partition coefficient (Wildman–Crippen LogP) is 4.33. The number of nitrogens with one attached hydrogen (secondary N) is 1. The van der Waals surface area contributed by atoms with Crippen molar-refractivity contribution in [2.24, 2.45) is 5.41 Å². The van der Waals surface area contributed by atoms with Crippen LogP contribution in [0, 0.1) is 19.3 Å². The van der Waals surface area contributed by atoms with Crippen molar-refractivity contribution in [2.75, 3.05) is 20.1 Å². The fourth-order valence-electron chi connectivity index (χ4n) is 4.62. The fraction of sp³-hybridized carbons (Fsp3) is 0.320. The minimum absolute atomic E-state index is 0.0116. The molecule has 0 saturated carbocycles. The zero-order valence-corrected chi connectivity index (χ0v) is 19.4. The highest BCUT2D eigenvalue weighted by atomic mass is 16.5. The fourth-order valence-corrected chi connectivity index (χ4v) is 4.62. The summed E-state index contributed by atoms with van der Waals surface area (Å²) in [5, 5.41) is 7.74. The van der Waals surface area contributed by atoms with E-state index in [0.717, 1.165) is 29.6 Å². The van der Waals surface area contributed by atoms with Crippen molar-refractivity contribution < 1.29 is 18.7 Å². The minimum atomic E-state index is -0.192. The van der Waals surface area contributed by atoms with E-state index in [4.69, 9.17) is 9.15 Å². The Hall–Kier alpha value is -3.81. The van der Waals surface area contributed by atoms with Crippen molar-refractivity contribution in [3.05, 3.63) is 59.1 Å². The summed E-state index contributed by atoms with van der Waals surface area (Å²) in [6.45, 7) is 9.48. The summed E-state index contributed by atoms with van der Waals surface area (Å²) in [6.07, 6.45) is 3.40. The lowest BCUT2D eigenvalue weighted by atomic mass is 9.84. The van der Waals surface area contributed by atoms with Gasteiger partial charge in [-0.15, -0.1) is 0 Å². The van der Waals surface area contributed by atoms with Crippen LogP contribution in [0.3, 0.4) is 0 Å². The number of hydrogen-bond acceptors (Lipinski definition) is 5. The van der Waals surface area contributed by atoms with Crippen molar-refractivity contribution in [2.45, 2.75) is 27.7 Å². The van der Waals surface area contributed by atoms with Gasteiger partial charge in [0.25, 0.3) is 11.8 Å². The van der Waals surface area contributed by atoms with E-state index in [9.17, 15) is 9.59 Å². The van der Waals surface area contributed by atoms with Crippen LogP contribution in [0.2, 0.25) is 0 Å². The Balaban J connectivity index is 1.49. The zero-order valence-electron chi connectivity index (χ0n) is 19.4. The molecule has 1 aliphatic heterocycles. The monoisotopic (exact) mass is 446 g/mol. The molecule has 0 spiro atoms. The van der Waals surface area contributed by atoms with Crippen LogP contribution in [0.25, 0.3) is 16.5 Å². The molecule has 8 nitrogen and oxygen atoms in total. The number of aromatic nitrogens is 2. The summed E-state index contributed by atoms with van der Waals surface area (Å²) < 4.78 is 13.7. The van der Waals surface area contributed by atoms with Gasteiger partial charge in [-0.2, -0.15) is 5.10 Å². The molecular formula is C25H26N4O4. The van der Waals surface area contributed by atoms with Crippen LogP contribution < -0.4 is 10.1 Å². The topological polar surface area (TPSA) is 89.1 Å². The summed E-state index contributed by atoms with van der Waals surface area (Å²) in [5.41, 5.74) is 3.44. The summed E-state index contributed by atoms with van der Waals surface area (Å²) in [7, 11) is 1.59. The van der Waals surface area contributed by atoms with E-state index in [1.54, 1.807) is 49.1 Å². The molecule has 4 aromatic rings. The van der Waals surface area contributed by atoms with Crippen molar-refractivity contribution in [1.29, 1.82) is 0 Å². The van der Waals surface area contributed by atoms with E-state index < -0.39 is 0 Å².